The lowest BCUT2D eigenvalue weighted by Crippen LogP contribution is -2.45. The highest BCUT2D eigenvalue weighted by Crippen LogP contribution is 2.22. The fourth-order valence-electron chi connectivity index (χ4n) is 14.5. The van der Waals surface area contributed by atoms with E-state index >= 15 is 0 Å². The zero-order valence-corrected chi connectivity index (χ0v) is 64.0. The van der Waals surface area contributed by atoms with Crippen LogP contribution in [0.3, 0.4) is 0 Å². The molecule has 6 nitrogen and oxygen atoms in total. The van der Waals surface area contributed by atoms with Crippen LogP contribution < -0.4 is 5.32 Å². The zero-order valence-electron chi connectivity index (χ0n) is 64.0. The third-order valence-corrected chi connectivity index (χ3v) is 21.2. The number of hydrogen-bond donors (Lipinski definition) is 3. The molecule has 0 radical (unpaired) electrons. The minimum atomic E-state index is -0.661. The molecule has 6 heteroatoms. The van der Waals surface area contributed by atoms with Gasteiger partial charge in [-0.25, -0.2) is 0 Å². The molecule has 0 fully saturated rings. The van der Waals surface area contributed by atoms with Crippen molar-refractivity contribution in [3.63, 3.8) is 0 Å². The van der Waals surface area contributed by atoms with Gasteiger partial charge in [0, 0.05) is 12.8 Å². The summed E-state index contributed by atoms with van der Waals surface area (Å²) in [5.41, 5.74) is 0. The molecule has 0 saturated heterocycles. The molecule has 2 unspecified atom stereocenters. The maximum absolute atomic E-state index is 12.6. The Morgan fingerprint density at radius 2 is 0.441 bits per heavy atom. The number of nitrogens with one attached hydrogen (secondary N) is 1. The van der Waals surface area contributed by atoms with Crippen molar-refractivity contribution in [2.24, 2.45) is 0 Å². The quantitative estimate of drug-likeness (QED) is 0.0417. The number of unbranched alkanes of at least 4 members (excludes halogenated alkanes) is 73. The van der Waals surface area contributed by atoms with Gasteiger partial charge in [0.2, 0.25) is 5.91 Å². The second-order valence-electron chi connectivity index (χ2n) is 30.6. The largest absolute Gasteiger partial charge is 0.466 e. The van der Waals surface area contributed by atoms with E-state index in [1.807, 2.05) is 0 Å². The lowest BCUT2D eigenvalue weighted by atomic mass is 10.0. The molecule has 0 aliphatic rings. The second-order valence-corrected chi connectivity index (χ2v) is 30.6. The van der Waals surface area contributed by atoms with Gasteiger partial charge in [-0.15, -0.1) is 0 Å². The van der Waals surface area contributed by atoms with Crippen LogP contribution in [0.5, 0.6) is 0 Å². The highest BCUT2D eigenvalue weighted by molar-refractivity contribution is 5.76. The maximum Gasteiger partial charge on any atom is 0.305 e. The number of hydrogen-bond acceptors (Lipinski definition) is 5. The molecule has 1 amide bonds. The molecule has 0 saturated carbocycles. The Bertz CT molecular complexity index is 1370. The molecule has 0 aromatic rings. The smallest absolute Gasteiger partial charge is 0.305 e. The predicted octanol–water partition coefficient (Wildman–Crippen LogP) is 29.2. The summed E-state index contributed by atoms with van der Waals surface area (Å²) >= 11 is 0. The van der Waals surface area contributed by atoms with Crippen LogP contribution in [0.25, 0.3) is 0 Å². The van der Waals surface area contributed by atoms with E-state index in [1.165, 1.54) is 449 Å². The van der Waals surface area contributed by atoms with Gasteiger partial charge in [0.25, 0.3) is 0 Å². The first-order valence-electron chi connectivity index (χ1n) is 43.8. The number of carbonyl (C=O) groups excluding carboxylic acids is 2. The Morgan fingerprint density at radius 3 is 0.656 bits per heavy atom. The van der Waals surface area contributed by atoms with Crippen molar-refractivity contribution in [1.29, 1.82) is 0 Å². The van der Waals surface area contributed by atoms with Gasteiger partial charge in [-0.1, -0.05) is 483 Å². The van der Waals surface area contributed by atoms with Crippen LogP contribution in [-0.4, -0.2) is 47.4 Å². The Morgan fingerprint density at radius 1 is 0.258 bits per heavy atom. The van der Waals surface area contributed by atoms with Gasteiger partial charge >= 0.3 is 5.97 Å². The van der Waals surface area contributed by atoms with Crippen LogP contribution in [0.2, 0.25) is 0 Å². The van der Waals surface area contributed by atoms with E-state index in [1.54, 1.807) is 0 Å². The molecule has 556 valence electrons. The number of aliphatic hydroxyl groups is 2. The van der Waals surface area contributed by atoms with Crippen molar-refractivity contribution in [3.8, 4) is 0 Å². The summed E-state index contributed by atoms with van der Waals surface area (Å²) in [6.45, 7) is 5.02. The Kier molecular flexibility index (Phi) is 82.3. The fourth-order valence-corrected chi connectivity index (χ4v) is 14.5. The highest BCUT2D eigenvalue weighted by atomic mass is 16.5. The van der Waals surface area contributed by atoms with Crippen molar-refractivity contribution in [2.75, 3.05) is 13.2 Å². The van der Waals surface area contributed by atoms with Gasteiger partial charge in [0.1, 0.15) is 0 Å². The third-order valence-electron chi connectivity index (χ3n) is 21.2. The summed E-state index contributed by atoms with van der Waals surface area (Å²) in [4.78, 5) is 24.6. The van der Waals surface area contributed by atoms with Crippen LogP contribution >= 0.6 is 0 Å². The van der Waals surface area contributed by atoms with Crippen LogP contribution in [-0.2, 0) is 14.3 Å². The molecule has 0 aliphatic carbocycles. The lowest BCUT2D eigenvalue weighted by Gasteiger charge is -2.22. The summed E-state index contributed by atoms with van der Waals surface area (Å²) in [6, 6.07) is -0.537. The molecular weight excluding hydrogens is 1140 g/mol. The summed E-state index contributed by atoms with van der Waals surface area (Å²) in [6.07, 6.45) is 105. The van der Waals surface area contributed by atoms with Crippen LogP contribution in [0.4, 0.5) is 0 Å². The van der Waals surface area contributed by atoms with Gasteiger partial charge in [-0.2, -0.15) is 0 Å². The molecule has 93 heavy (non-hydrogen) atoms. The van der Waals surface area contributed by atoms with Gasteiger partial charge in [-0.05, 0) is 25.7 Å². The molecule has 0 heterocycles. The molecular formula is C87H173NO5. The fraction of sp³-hybridized carbons (Fsp3) is 0.977. The van der Waals surface area contributed by atoms with E-state index in [4.69, 9.17) is 4.74 Å². The van der Waals surface area contributed by atoms with E-state index in [0.717, 1.165) is 38.5 Å². The number of carbonyl (C=O) groups is 2. The summed E-state index contributed by atoms with van der Waals surface area (Å²) in [5, 5.41) is 23.5. The molecule has 0 aromatic heterocycles. The van der Waals surface area contributed by atoms with Crippen molar-refractivity contribution in [3.05, 3.63) is 0 Å². The monoisotopic (exact) mass is 1310 g/mol. The van der Waals surface area contributed by atoms with Crippen molar-refractivity contribution >= 4 is 11.9 Å². The minimum Gasteiger partial charge on any atom is -0.466 e. The van der Waals surface area contributed by atoms with Crippen molar-refractivity contribution in [1.82, 2.24) is 5.32 Å². The standard InChI is InChI=1S/C87H173NO5/c1-3-5-7-9-11-13-15-17-18-19-20-21-22-38-41-44-47-50-53-56-59-63-67-71-75-79-85(90)84(83-89)88-86(91)80-76-72-68-64-60-57-54-51-48-45-42-39-36-34-32-30-28-26-24-23-25-27-29-31-33-35-37-40-43-46-49-52-55-58-62-66-70-74-78-82-93-87(92)81-77-73-69-65-61-16-14-12-10-8-6-4-2/h84-85,89-90H,3-83H2,1-2H3,(H,88,91). The molecule has 0 aliphatic heterocycles. The van der Waals surface area contributed by atoms with Crippen LogP contribution in [0, 0.1) is 0 Å². The third kappa shape index (κ3) is 79.7. The second kappa shape index (κ2) is 83.3. The number of ether oxygens (including phenoxy) is 1. The van der Waals surface area contributed by atoms with Crippen molar-refractivity contribution < 1.29 is 24.5 Å². The first-order chi connectivity index (χ1) is 46.0. The summed E-state index contributed by atoms with van der Waals surface area (Å²) < 4.78 is 5.50. The average Bonchev–Trinajstić information content (AvgIpc) is 3.76. The topological polar surface area (TPSA) is 95.9 Å². The number of aliphatic hydroxyl groups excluding tert-OH is 2. The van der Waals surface area contributed by atoms with Gasteiger partial charge in [-0.3, -0.25) is 9.59 Å². The molecule has 2 atom stereocenters. The van der Waals surface area contributed by atoms with E-state index in [-0.39, 0.29) is 18.5 Å². The predicted molar refractivity (Wildman–Crippen MR) is 412 cm³/mol. The van der Waals surface area contributed by atoms with Gasteiger partial charge < -0.3 is 20.3 Å². The van der Waals surface area contributed by atoms with Crippen LogP contribution in [0.1, 0.15) is 521 Å². The Balaban J connectivity index is 3.30. The normalized spacial score (nSPS) is 12.3. The molecule has 3 N–H and O–H groups in total. The molecule has 0 aromatic carbocycles. The summed E-state index contributed by atoms with van der Waals surface area (Å²) in [7, 11) is 0. The van der Waals surface area contributed by atoms with Crippen molar-refractivity contribution in [2.45, 2.75) is 533 Å². The van der Waals surface area contributed by atoms with Crippen LogP contribution in [0.15, 0.2) is 0 Å². The number of rotatable bonds is 84. The summed E-state index contributed by atoms with van der Waals surface area (Å²) in [5.74, 6) is 0.00465. The van der Waals surface area contributed by atoms with Gasteiger partial charge in [0.15, 0.2) is 0 Å². The first-order valence-corrected chi connectivity index (χ1v) is 43.8. The zero-order chi connectivity index (χ0) is 67.0. The van der Waals surface area contributed by atoms with E-state index in [0.29, 0.717) is 25.9 Å². The molecule has 0 spiro atoms. The van der Waals surface area contributed by atoms with E-state index < -0.39 is 12.1 Å². The minimum absolute atomic E-state index is 0.0216. The number of amides is 1. The van der Waals surface area contributed by atoms with Gasteiger partial charge in [0.05, 0.1) is 25.4 Å². The highest BCUT2D eigenvalue weighted by Gasteiger charge is 2.20. The maximum atomic E-state index is 12.6. The average molecular weight is 1310 g/mol. The number of esters is 1. The van der Waals surface area contributed by atoms with E-state index in [2.05, 4.69) is 19.2 Å². The molecule has 0 rings (SSSR count). The molecule has 0 bridgehead atoms. The lowest BCUT2D eigenvalue weighted by molar-refractivity contribution is -0.143. The SMILES string of the molecule is CCCCCCCCCCCCCCCCCCCCCCCCCCCC(O)C(CO)NC(=O)CCCCCCCCCCCCCCCCCCCCCCCCCCCCCCCCCCCCCCCCCOC(=O)CCCCCCCCCCCCCC. The Hall–Kier alpha value is -1.14. The Labute approximate surface area is 585 Å². The first kappa shape index (κ1) is 91.9. The van der Waals surface area contributed by atoms with E-state index in [9.17, 15) is 19.8 Å².